The molecule has 0 bridgehead atoms. The highest BCUT2D eigenvalue weighted by molar-refractivity contribution is 9.10. The van der Waals surface area contributed by atoms with Crippen molar-refractivity contribution >= 4 is 21.6 Å². The van der Waals surface area contributed by atoms with Crippen LogP contribution in [0, 0.1) is 17.1 Å². The fourth-order valence-corrected chi connectivity index (χ4v) is 2.06. The topological polar surface area (TPSA) is 27.0 Å². The summed E-state index contributed by atoms with van der Waals surface area (Å²) in [5, 5.41) is 8.72. The summed E-state index contributed by atoms with van der Waals surface area (Å²) in [5.74, 6) is -0.850. The van der Waals surface area contributed by atoms with Crippen molar-refractivity contribution < 1.29 is 17.6 Å². The van der Waals surface area contributed by atoms with E-state index in [0.717, 1.165) is 4.90 Å². The lowest BCUT2D eigenvalue weighted by Gasteiger charge is -2.26. The van der Waals surface area contributed by atoms with Gasteiger partial charge in [0.15, 0.2) is 5.82 Å². The molecule has 1 aromatic carbocycles. The molecule has 104 valence electrons. The Balaban J connectivity index is 3.17. The number of hydrogen-bond donors (Lipinski definition) is 0. The summed E-state index contributed by atoms with van der Waals surface area (Å²) >= 11 is 2.88. The van der Waals surface area contributed by atoms with Crippen LogP contribution in [0.2, 0.25) is 0 Å². The van der Waals surface area contributed by atoms with Crippen molar-refractivity contribution in [3.05, 3.63) is 28.0 Å². The second kappa shape index (κ2) is 6.24. The number of anilines is 1. The monoisotopic (exact) mass is 338 g/mol. The average molecular weight is 339 g/mol. The molecule has 1 aromatic rings. The van der Waals surface area contributed by atoms with Crippen LogP contribution >= 0.6 is 15.9 Å². The maximum Gasteiger partial charge on any atom is 0.405 e. The van der Waals surface area contributed by atoms with E-state index in [1.807, 2.05) is 0 Å². The molecule has 0 atom stereocenters. The summed E-state index contributed by atoms with van der Waals surface area (Å²) < 4.78 is 51.3. The Labute approximate surface area is 116 Å². The predicted molar refractivity (Wildman–Crippen MR) is 67.4 cm³/mol. The standard InChI is InChI=1S/C12H11BrF4N2/c1-2-5-19(7-12(15,16)17)9-4-3-8(6-18)10(13)11(9)14/h3-4H,2,5,7H2,1H3. The lowest BCUT2D eigenvalue weighted by Crippen LogP contribution is -2.35. The summed E-state index contributed by atoms with van der Waals surface area (Å²) in [4.78, 5) is 0.918. The molecule has 0 aliphatic rings. The van der Waals surface area contributed by atoms with Crippen LogP contribution in [0.1, 0.15) is 18.9 Å². The highest BCUT2D eigenvalue weighted by atomic mass is 79.9. The quantitative estimate of drug-likeness (QED) is 0.768. The molecule has 0 spiro atoms. The van der Waals surface area contributed by atoms with Crippen LogP contribution in [0.5, 0.6) is 0 Å². The first-order valence-electron chi connectivity index (χ1n) is 5.50. The van der Waals surface area contributed by atoms with E-state index < -0.39 is 18.5 Å². The molecule has 0 aliphatic carbocycles. The zero-order valence-electron chi connectivity index (χ0n) is 10.1. The summed E-state index contributed by atoms with van der Waals surface area (Å²) in [5.41, 5.74) is -0.116. The fraction of sp³-hybridized carbons (Fsp3) is 0.417. The van der Waals surface area contributed by atoms with E-state index in [0.29, 0.717) is 6.42 Å². The van der Waals surface area contributed by atoms with Crippen molar-refractivity contribution in [3.8, 4) is 6.07 Å². The molecule has 0 radical (unpaired) electrons. The Morgan fingerprint density at radius 2 is 2.00 bits per heavy atom. The first-order valence-corrected chi connectivity index (χ1v) is 6.29. The molecule has 0 heterocycles. The van der Waals surface area contributed by atoms with Crippen LogP contribution in [0.25, 0.3) is 0 Å². The molecule has 0 aliphatic heterocycles. The summed E-state index contributed by atoms with van der Waals surface area (Å²) in [6, 6.07) is 4.24. The minimum Gasteiger partial charge on any atom is -0.360 e. The van der Waals surface area contributed by atoms with Crippen molar-refractivity contribution in [2.75, 3.05) is 18.0 Å². The lowest BCUT2D eigenvalue weighted by atomic mass is 10.2. The number of hydrogen-bond acceptors (Lipinski definition) is 2. The van der Waals surface area contributed by atoms with Crippen molar-refractivity contribution in [2.45, 2.75) is 19.5 Å². The SMILES string of the molecule is CCCN(CC(F)(F)F)c1ccc(C#N)c(Br)c1F. The van der Waals surface area contributed by atoms with E-state index in [1.165, 1.54) is 12.1 Å². The minimum atomic E-state index is -4.41. The molecule has 1 rings (SSSR count). The molecule has 0 unspecified atom stereocenters. The second-order valence-corrected chi connectivity index (χ2v) is 4.70. The number of rotatable bonds is 4. The minimum absolute atomic E-state index is 0.0460. The molecule has 19 heavy (non-hydrogen) atoms. The van der Waals surface area contributed by atoms with Gasteiger partial charge in [-0.3, -0.25) is 0 Å². The molecule has 0 fully saturated rings. The van der Waals surface area contributed by atoms with Crippen LogP contribution in [0.4, 0.5) is 23.2 Å². The molecule has 0 amide bonds. The summed E-state index contributed by atoms with van der Waals surface area (Å²) in [6.07, 6.45) is -3.96. The van der Waals surface area contributed by atoms with E-state index in [2.05, 4.69) is 15.9 Å². The van der Waals surface area contributed by atoms with Crippen molar-refractivity contribution in [1.82, 2.24) is 0 Å². The molecule has 2 nitrogen and oxygen atoms in total. The van der Waals surface area contributed by atoms with Gasteiger partial charge in [-0.2, -0.15) is 18.4 Å². The van der Waals surface area contributed by atoms with E-state index in [1.54, 1.807) is 13.0 Å². The van der Waals surface area contributed by atoms with Gasteiger partial charge in [0.25, 0.3) is 0 Å². The van der Waals surface area contributed by atoms with Crippen LogP contribution < -0.4 is 4.90 Å². The Hall–Kier alpha value is -1.29. The van der Waals surface area contributed by atoms with Crippen LogP contribution in [0.15, 0.2) is 16.6 Å². The van der Waals surface area contributed by atoms with Crippen molar-refractivity contribution in [3.63, 3.8) is 0 Å². The van der Waals surface area contributed by atoms with Gasteiger partial charge in [0, 0.05) is 6.54 Å². The molecule has 7 heteroatoms. The fourth-order valence-electron chi connectivity index (χ4n) is 1.64. The van der Waals surface area contributed by atoms with E-state index in [-0.39, 0.29) is 22.3 Å². The molecular formula is C12H11BrF4N2. The van der Waals surface area contributed by atoms with Crippen LogP contribution in [0.3, 0.4) is 0 Å². The van der Waals surface area contributed by atoms with E-state index in [4.69, 9.17) is 5.26 Å². The Morgan fingerprint density at radius 1 is 1.37 bits per heavy atom. The predicted octanol–water partition coefficient (Wildman–Crippen LogP) is 4.24. The van der Waals surface area contributed by atoms with Gasteiger partial charge < -0.3 is 4.90 Å². The zero-order valence-corrected chi connectivity index (χ0v) is 11.6. The second-order valence-electron chi connectivity index (χ2n) is 3.91. The van der Waals surface area contributed by atoms with Gasteiger partial charge in [-0.25, -0.2) is 4.39 Å². The highest BCUT2D eigenvalue weighted by Crippen LogP contribution is 2.31. The Bertz CT molecular complexity index is 494. The summed E-state index contributed by atoms with van der Waals surface area (Å²) in [7, 11) is 0. The largest absolute Gasteiger partial charge is 0.405 e. The van der Waals surface area contributed by atoms with E-state index >= 15 is 0 Å². The average Bonchev–Trinajstić information content (AvgIpc) is 2.30. The molecule has 0 saturated carbocycles. The molecule has 0 saturated heterocycles. The van der Waals surface area contributed by atoms with Gasteiger partial charge in [0.1, 0.15) is 12.6 Å². The zero-order chi connectivity index (χ0) is 14.6. The Morgan fingerprint density at radius 3 is 2.47 bits per heavy atom. The van der Waals surface area contributed by atoms with Gasteiger partial charge in [-0.15, -0.1) is 0 Å². The Kier molecular flexibility index (Phi) is 5.18. The van der Waals surface area contributed by atoms with Crippen molar-refractivity contribution in [2.24, 2.45) is 0 Å². The molecule has 0 N–H and O–H groups in total. The molecular weight excluding hydrogens is 328 g/mol. The smallest absolute Gasteiger partial charge is 0.360 e. The number of nitriles is 1. The number of alkyl halides is 3. The number of benzene rings is 1. The van der Waals surface area contributed by atoms with Gasteiger partial charge >= 0.3 is 6.18 Å². The highest BCUT2D eigenvalue weighted by Gasteiger charge is 2.32. The maximum atomic E-state index is 14.0. The number of nitrogens with zero attached hydrogens (tertiary/aromatic N) is 2. The molecule has 0 aromatic heterocycles. The van der Waals surface area contributed by atoms with Crippen molar-refractivity contribution in [1.29, 1.82) is 5.26 Å². The first-order chi connectivity index (χ1) is 8.80. The van der Waals surface area contributed by atoms with Gasteiger partial charge in [-0.1, -0.05) is 6.92 Å². The van der Waals surface area contributed by atoms with E-state index in [9.17, 15) is 17.6 Å². The third-order valence-corrected chi connectivity index (χ3v) is 3.16. The summed E-state index contributed by atoms with van der Waals surface area (Å²) in [6.45, 7) is 0.560. The lowest BCUT2D eigenvalue weighted by molar-refractivity contribution is -0.119. The third kappa shape index (κ3) is 4.10. The van der Waals surface area contributed by atoms with Crippen LogP contribution in [-0.2, 0) is 0 Å². The normalized spacial score (nSPS) is 11.2. The van der Waals surface area contributed by atoms with Gasteiger partial charge in [0.05, 0.1) is 15.7 Å². The third-order valence-electron chi connectivity index (χ3n) is 2.39. The van der Waals surface area contributed by atoms with Gasteiger partial charge in [0.2, 0.25) is 0 Å². The maximum absolute atomic E-state index is 14.0. The number of halogens is 5. The van der Waals surface area contributed by atoms with Gasteiger partial charge in [-0.05, 0) is 34.5 Å². The first kappa shape index (κ1) is 15.8. The van der Waals surface area contributed by atoms with Crippen LogP contribution in [-0.4, -0.2) is 19.3 Å².